The molecule has 162 valence electrons. The van der Waals surface area contributed by atoms with Gasteiger partial charge in [0.25, 0.3) is 0 Å². The quantitative estimate of drug-likeness (QED) is 0.334. The molecule has 0 aliphatic heterocycles. The molecule has 0 aromatic heterocycles. The van der Waals surface area contributed by atoms with Crippen LogP contribution >= 0.6 is 0 Å². The Labute approximate surface area is 176 Å². The monoisotopic (exact) mass is 418 g/mol. The van der Waals surface area contributed by atoms with Gasteiger partial charge >= 0.3 is 11.9 Å². The molecule has 6 heteroatoms. The normalized spacial score (nSPS) is 11.9. The van der Waals surface area contributed by atoms with Crippen LogP contribution in [-0.2, 0) is 4.74 Å². The van der Waals surface area contributed by atoms with Gasteiger partial charge in [-0.3, -0.25) is 0 Å². The predicted molar refractivity (Wildman–Crippen MR) is 111 cm³/mol. The predicted octanol–water partition coefficient (Wildman–Crippen LogP) is 6.34. The van der Waals surface area contributed by atoms with E-state index in [1.54, 1.807) is 12.1 Å². The molecule has 0 saturated carbocycles. The molecule has 2 rings (SSSR count). The Balaban J connectivity index is 2.12. The molecule has 0 radical (unpaired) electrons. The highest BCUT2D eigenvalue weighted by Crippen LogP contribution is 2.22. The van der Waals surface area contributed by atoms with E-state index in [4.69, 9.17) is 9.47 Å². The van der Waals surface area contributed by atoms with Crippen molar-refractivity contribution in [3.05, 3.63) is 65.2 Å². The van der Waals surface area contributed by atoms with Gasteiger partial charge in [0.1, 0.15) is 23.5 Å². The SMILES string of the molecule is CCC(CC)CCC(CC)OC(=O)c1ccccc1C(=O)Oc1cc(F)cc(F)c1. The van der Waals surface area contributed by atoms with Crippen LogP contribution < -0.4 is 4.74 Å². The van der Waals surface area contributed by atoms with E-state index in [9.17, 15) is 18.4 Å². The van der Waals surface area contributed by atoms with E-state index in [-0.39, 0.29) is 23.0 Å². The van der Waals surface area contributed by atoms with Crippen LogP contribution in [0.2, 0.25) is 0 Å². The standard InChI is InChI=1S/C24H28F2O4/c1-4-16(5-2)11-12-19(6-3)29-23(27)21-9-7-8-10-22(21)24(28)30-20-14-17(25)13-18(26)15-20/h7-10,13-16,19H,4-6,11-12H2,1-3H3. The van der Waals surface area contributed by atoms with Gasteiger partial charge < -0.3 is 9.47 Å². The van der Waals surface area contributed by atoms with Crippen molar-refractivity contribution in [2.45, 2.75) is 59.0 Å². The third-order valence-electron chi connectivity index (χ3n) is 5.19. The fourth-order valence-electron chi connectivity index (χ4n) is 3.27. The number of ether oxygens (including phenoxy) is 2. The molecule has 0 heterocycles. The molecular weight excluding hydrogens is 390 g/mol. The summed E-state index contributed by atoms with van der Waals surface area (Å²) in [5.74, 6) is -2.94. The number of benzene rings is 2. The van der Waals surface area contributed by atoms with Crippen LogP contribution in [-0.4, -0.2) is 18.0 Å². The summed E-state index contributed by atoms with van der Waals surface area (Å²) in [5.41, 5.74) is 0.0300. The van der Waals surface area contributed by atoms with Crippen LogP contribution in [0.15, 0.2) is 42.5 Å². The molecule has 2 aromatic rings. The third kappa shape index (κ3) is 6.65. The fourth-order valence-corrected chi connectivity index (χ4v) is 3.27. The zero-order valence-electron chi connectivity index (χ0n) is 17.6. The zero-order valence-corrected chi connectivity index (χ0v) is 17.6. The minimum absolute atomic E-state index is 0.0259. The highest BCUT2D eigenvalue weighted by Gasteiger charge is 2.22. The Hall–Kier alpha value is -2.76. The maximum absolute atomic E-state index is 13.3. The highest BCUT2D eigenvalue weighted by atomic mass is 19.1. The Morgan fingerprint density at radius 1 is 0.833 bits per heavy atom. The molecular formula is C24H28F2O4. The summed E-state index contributed by atoms with van der Waals surface area (Å²) in [5, 5.41) is 0. The maximum atomic E-state index is 13.3. The Morgan fingerprint density at radius 2 is 1.40 bits per heavy atom. The molecule has 2 aromatic carbocycles. The van der Waals surface area contributed by atoms with Crippen LogP contribution in [0, 0.1) is 17.6 Å². The molecule has 0 amide bonds. The first-order valence-corrected chi connectivity index (χ1v) is 10.4. The molecule has 0 fully saturated rings. The van der Waals surface area contributed by atoms with Crippen molar-refractivity contribution in [2.75, 3.05) is 0 Å². The number of carbonyl (C=O) groups is 2. The van der Waals surface area contributed by atoms with Gasteiger partial charge in [-0.2, -0.15) is 0 Å². The van der Waals surface area contributed by atoms with E-state index in [2.05, 4.69) is 13.8 Å². The summed E-state index contributed by atoms with van der Waals surface area (Å²) in [6, 6.07) is 8.54. The first kappa shape index (κ1) is 23.5. The van der Waals surface area contributed by atoms with Crippen LogP contribution in [0.25, 0.3) is 0 Å². The topological polar surface area (TPSA) is 52.6 Å². The van der Waals surface area contributed by atoms with Crippen molar-refractivity contribution in [2.24, 2.45) is 5.92 Å². The van der Waals surface area contributed by atoms with E-state index in [1.807, 2.05) is 6.92 Å². The van der Waals surface area contributed by atoms with Gasteiger partial charge in [-0.1, -0.05) is 45.7 Å². The van der Waals surface area contributed by atoms with Gasteiger partial charge in [0.15, 0.2) is 0 Å². The van der Waals surface area contributed by atoms with Crippen molar-refractivity contribution in [1.29, 1.82) is 0 Å². The third-order valence-corrected chi connectivity index (χ3v) is 5.19. The van der Waals surface area contributed by atoms with Gasteiger partial charge in [-0.15, -0.1) is 0 Å². The summed E-state index contributed by atoms with van der Waals surface area (Å²) in [6.45, 7) is 6.24. The van der Waals surface area contributed by atoms with Crippen molar-refractivity contribution in [3.63, 3.8) is 0 Å². The van der Waals surface area contributed by atoms with E-state index < -0.39 is 23.6 Å². The largest absolute Gasteiger partial charge is 0.459 e. The minimum atomic E-state index is -0.891. The van der Waals surface area contributed by atoms with Gasteiger partial charge in [0, 0.05) is 18.2 Å². The van der Waals surface area contributed by atoms with Crippen LogP contribution in [0.4, 0.5) is 8.78 Å². The second-order valence-corrected chi connectivity index (χ2v) is 7.24. The van der Waals surface area contributed by atoms with Gasteiger partial charge in [0.05, 0.1) is 11.1 Å². The Bertz CT molecular complexity index is 842. The van der Waals surface area contributed by atoms with Crippen molar-refractivity contribution in [1.82, 2.24) is 0 Å². The smallest absolute Gasteiger partial charge is 0.344 e. The summed E-state index contributed by atoms with van der Waals surface area (Å²) in [7, 11) is 0. The summed E-state index contributed by atoms with van der Waals surface area (Å²) in [4.78, 5) is 25.3. The minimum Gasteiger partial charge on any atom is -0.459 e. The van der Waals surface area contributed by atoms with Crippen LogP contribution in [0.1, 0.15) is 73.6 Å². The molecule has 0 saturated heterocycles. The van der Waals surface area contributed by atoms with E-state index in [1.165, 1.54) is 12.1 Å². The molecule has 0 spiro atoms. The summed E-state index contributed by atoms with van der Waals surface area (Å²) >= 11 is 0. The number of hydrogen-bond donors (Lipinski definition) is 0. The lowest BCUT2D eigenvalue weighted by molar-refractivity contribution is 0.0252. The second-order valence-electron chi connectivity index (χ2n) is 7.24. The van der Waals surface area contributed by atoms with Crippen molar-refractivity contribution < 1.29 is 27.8 Å². The molecule has 0 N–H and O–H groups in total. The average molecular weight is 418 g/mol. The van der Waals surface area contributed by atoms with Gasteiger partial charge in [-0.05, 0) is 37.3 Å². The van der Waals surface area contributed by atoms with E-state index in [0.29, 0.717) is 18.4 Å². The molecule has 0 bridgehead atoms. The summed E-state index contributed by atoms with van der Waals surface area (Å²) in [6.07, 6.45) is 4.30. The lowest BCUT2D eigenvalue weighted by Crippen LogP contribution is -2.21. The average Bonchev–Trinajstić information content (AvgIpc) is 2.72. The Kier molecular flexibility index (Phi) is 8.96. The number of carbonyl (C=O) groups excluding carboxylic acids is 2. The van der Waals surface area contributed by atoms with E-state index in [0.717, 1.165) is 37.8 Å². The lowest BCUT2D eigenvalue weighted by Gasteiger charge is -2.20. The van der Waals surface area contributed by atoms with Crippen LogP contribution in [0.3, 0.4) is 0 Å². The fraction of sp³-hybridized carbons (Fsp3) is 0.417. The lowest BCUT2D eigenvalue weighted by atomic mass is 9.95. The number of rotatable bonds is 10. The molecule has 0 aliphatic carbocycles. The first-order valence-electron chi connectivity index (χ1n) is 10.4. The zero-order chi connectivity index (χ0) is 22.1. The number of hydrogen-bond acceptors (Lipinski definition) is 4. The second kappa shape index (κ2) is 11.4. The van der Waals surface area contributed by atoms with Crippen LogP contribution in [0.5, 0.6) is 5.75 Å². The van der Waals surface area contributed by atoms with Crippen molar-refractivity contribution in [3.8, 4) is 5.75 Å². The van der Waals surface area contributed by atoms with Gasteiger partial charge in [-0.25, -0.2) is 18.4 Å². The molecule has 30 heavy (non-hydrogen) atoms. The molecule has 1 atom stereocenters. The number of esters is 2. The van der Waals surface area contributed by atoms with Crippen molar-refractivity contribution >= 4 is 11.9 Å². The maximum Gasteiger partial charge on any atom is 0.344 e. The van der Waals surface area contributed by atoms with E-state index >= 15 is 0 Å². The number of halogens is 2. The highest BCUT2D eigenvalue weighted by molar-refractivity contribution is 6.03. The molecule has 4 nitrogen and oxygen atoms in total. The molecule has 1 unspecified atom stereocenters. The summed E-state index contributed by atoms with van der Waals surface area (Å²) < 4.78 is 37.4. The first-order chi connectivity index (χ1) is 14.4. The Morgan fingerprint density at radius 3 is 1.93 bits per heavy atom. The molecule has 0 aliphatic rings. The van der Waals surface area contributed by atoms with Gasteiger partial charge in [0.2, 0.25) is 0 Å².